The summed E-state index contributed by atoms with van der Waals surface area (Å²) in [6, 6.07) is 7.33. The topological polar surface area (TPSA) is 158 Å². The minimum absolute atomic E-state index is 0.00273. The van der Waals surface area contributed by atoms with Gasteiger partial charge in [-0.1, -0.05) is 45.4 Å². The largest absolute Gasteiger partial charge is 0.463 e. The first-order chi connectivity index (χ1) is 18.6. The number of rotatable bonds is 14. The maximum atomic E-state index is 12.7. The van der Waals surface area contributed by atoms with E-state index in [4.69, 9.17) is 18.9 Å². The normalized spacial score (nSPS) is 19.5. The van der Waals surface area contributed by atoms with Crippen molar-refractivity contribution < 1.29 is 46.5 Å². The van der Waals surface area contributed by atoms with E-state index in [1.165, 1.54) is 24.3 Å². The van der Waals surface area contributed by atoms with Crippen LogP contribution >= 0.6 is 0 Å². The van der Waals surface area contributed by atoms with Gasteiger partial charge >= 0.3 is 22.8 Å². The molecule has 3 rings (SSSR count). The predicted molar refractivity (Wildman–Crippen MR) is 135 cm³/mol. The molecule has 1 aromatic heterocycles. The summed E-state index contributed by atoms with van der Waals surface area (Å²) in [6.07, 6.45) is 2.77. The molecule has 1 aliphatic carbocycles. The number of hydrogen-bond donors (Lipinski definition) is 0. The number of carbonyl (C=O) groups is 2. The maximum Gasteiger partial charge on any atom is 0.415 e. The van der Waals surface area contributed by atoms with Gasteiger partial charge in [-0.15, -0.1) is 0 Å². The second-order valence-corrected chi connectivity index (χ2v) is 11.8. The fourth-order valence-electron chi connectivity index (χ4n) is 4.51. The van der Waals surface area contributed by atoms with E-state index in [9.17, 15) is 23.2 Å². The van der Waals surface area contributed by atoms with E-state index in [0.717, 1.165) is 19.3 Å². The molecule has 0 amide bonds. The fourth-order valence-corrected chi connectivity index (χ4v) is 5.80. The van der Waals surface area contributed by atoms with Crippen molar-refractivity contribution in [2.75, 3.05) is 26.4 Å². The lowest BCUT2D eigenvalue weighted by molar-refractivity contribution is -0.832. The van der Waals surface area contributed by atoms with E-state index in [-0.39, 0.29) is 55.2 Å². The summed E-state index contributed by atoms with van der Waals surface area (Å²) in [6.45, 7) is 6.30. The second kappa shape index (κ2) is 14.3. The molecule has 0 bridgehead atoms. The second-order valence-electron chi connectivity index (χ2n) is 9.89. The number of nitrogens with zero attached hydrogens (tertiary/aromatic N) is 2. The van der Waals surface area contributed by atoms with Crippen LogP contribution in [0.1, 0.15) is 52.9 Å². The van der Waals surface area contributed by atoms with Crippen molar-refractivity contribution in [2.24, 2.45) is 17.8 Å². The highest BCUT2D eigenvalue weighted by atomic mass is 32.2. The number of ether oxygens (including phenoxy) is 4. The Hall–Kier alpha value is -3.19. The van der Waals surface area contributed by atoms with Crippen LogP contribution in [0.15, 0.2) is 44.9 Å². The van der Waals surface area contributed by atoms with Crippen molar-refractivity contribution in [3.8, 4) is 5.88 Å². The maximum absolute atomic E-state index is 12.7. The van der Waals surface area contributed by atoms with Gasteiger partial charge in [0.15, 0.2) is 0 Å². The van der Waals surface area contributed by atoms with E-state index in [0.29, 0.717) is 17.8 Å². The summed E-state index contributed by atoms with van der Waals surface area (Å²) in [5.41, 5.74) is 0. The molecule has 0 saturated heterocycles. The van der Waals surface area contributed by atoms with E-state index in [1.807, 2.05) is 0 Å². The first kappa shape index (κ1) is 30.4. The molecule has 13 heteroatoms. The highest BCUT2D eigenvalue weighted by molar-refractivity contribution is 7.91. The first-order valence-corrected chi connectivity index (χ1v) is 14.5. The fraction of sp³-hybridized carbons (Fsp3) is 0.615. The predicted octanol–water partition coefficient (Wildman–Crippen LogP) is 2.86. The Kier molecular flexibility index (Phi) is 11.1. The molecule has 0 unspecified atom stereocenters. The Labute approximate surface area is 228 Å². The van der Waals surface area contributed by atoms with Gasteiger partial charge in [-0.2, -0.15) is 0 Å². The molecule has 39 heavy (non-hydrogen) atoms. The van der Waals surface area contributed by atoms with Gasteiger partial charge in [0, 0.05) is 0 Å². The molecule has 3 atom stereocenters. The van der Waals surface area contributed by atoms with Crippen molar-refractivity contribution in [3.63, 3.8) is 0 Å². The summed E-state index contributed by atoms with van der Waals surface area (Å²) in [4.78, 5) is 23.9. The molecule has 0 radical (unpaired) electrons. The number of sulfone groups is 1. The third-order valence-electron chi connectivity index (χ3n) is 6.59. The summed E-state index contributed by atoms with van der Waals surface area (Å²) in [7, 11) is -4.21. The number of aromatic nitrogens is 2. The molecule has 1 aliphatic rings. The zero-order chi connectivity index (χ0) is 28.4. The SMILES string of the molecule is CC(C)[C@@H]1CC[C@@H](C)C[C@H]1OC(=O)CCC(=O)OCCOCCOc1no[n+]([O-])c1S(=O)(=O)c1ccccc1. The van der Waals surface area contributed by atoms with E-state index < -0.39 is 32.7 Å². The van der Waals surface area contributed by atoms with Crippen molar-refractivity contribution in [2.45, 2.75) is 68.9 Å². The van der Waals surface area contributed by atoms with Crippen LogP contribution in [0.2, 0.25) is 0 Å². The van der Waals surface area contributed by atoms with Gasteiger partial charge in [-0.3, -0.25) is 14.2 Å². The average molecular weight is 569 g/mol. The van der Waals surface area contributed by atoms with Crippen LogP contribution < -0.4 is 9.64 Å². The molecule has 216 valence electrons. The molecule has 1 heterocycles. The van der Waals surface area contributed by atoms with E-state index >= 15 is 0 Å². The molecule has 1 aromatic carbocycles. The highest BCUT2D eigenvalue weighted by Gasteiger charge is 2.36. The molecule has 0 N–H and O–H groups in total. The Balaban J connectivity index is 1.32. The summed E-state index contributed by atoms with van der Waals surface area (Å²) in [5, 5.41) is 14.5. The third kappa shape index (κ3) is 8.65. The average Bonchev–Trinajstić information content (AvgIpc) is 3.28. The zero-order valence-electron chi connectivity index (χ0n) is 22.4. The van der Waals surface area contributed by atoms with Crippen LogP contribution in [-0.4, -0.2) is 58.0 Å². The molecule has 12 nitrogen and oxygen atoms in total. The van der Waals surface area contributed by atoms with Crippen LogP contribution in [-0.2, 0) is 33.6 Å². The van der Waals surface area contributed by atoms with Gasteiger partial charge in [0.05, 0.1) is 36.1 Å². The molecule has 0 aliphatic heterocycles. The van der Waals surface area contributed by atoms with Gasteiger partial charge in [0.25, 0.3) is 9.84 Å². The van der Waals surface area contributed by atoms with Crippen molar-refractivity contribution >= 4 is 21.8 Å². The quantitative estimate of drug-likeness (QED) is 0.187. The van der Waals surface area contributed by atoms with E-state index in [1.54, 1.807) is 6.07 Å². The minimum atomic E-state index is -4.21. The first-order valence-electron chi connectivity index (χ1n) is 13.0. The lowest BCUT2D eigenvalue weighted by Crippen LogP contribution is -2.35. The summed E-state index contributed by atoms with van der Waals surface area (Å²) < 4.78 is 51.2. The van der Waals surface area contributed by atoms with Crippen LogP contribution in [0.3, 0.4) is 0 Å². The number of benzene rings is 1. The van der Waals surface area contributed by atoms with Gasteiger partial charge < -0.3 is 24.2 Å². The van der Waals surface area contributed by atoms with Crippen LogP contribution in [0.25, 0.3) is 0 Å². The monoisotopic (exact) mass is 568 g/mol. The minimum Gasteiger partial charge on any atom is -0.463 e. The Morgan fingerprint density at radius 3 is 2.49 bits per heavy atom. The molecule has 1 saturated carbocycles. The molecular weight excluding hydrogens is 532 g/mol. The Bertz CT molecular complexity index is 1180. The van der Waals surface area contributed by atoms with Crippen molar-refractivity contribution in [1.29, 1.82) is 0 Å². The van der Waals surface area contributed by atoms with Gasteiger partial charge in [0.2, 0.25) is 0 Å². The number of hydrogen-bond acceptors (Lipinski definition) is 11. The Morgan fingerprint density at radius 1 is 1.08 bits per heavy atom. The van der Waals surface area contributed by atoms with Crippen molar-refractivity contribution in [3.05, 3.63) is 35.5 Å². The molecule has 1 fully saturated rings. The smallest absolute Gasteiger partial charge is 0.415 e. The van der Waals surface area contributed by atoms with Gasteiger partial charge in [0.1, 0.15) is 19.3 Å². The summed E-state index contributed by atoms with van der Waals surface area (Å²) in [5.74, 6) is -0.152. The lowest BCUT2D eigenvalue weighted by atomic mass is 9.75. The van der Waals surface area contributed by atoms with Crippen LogP contribution in [0.5, 0.6) is 5.88 Å². The summed E-state index contributed by atoms with van der Waals surface area (Å²) >= 11 is 0. The molecular formula is C26H36N2O10S. The van der Waals surface area contributed by atoms with Crippen LogP contribution in [0.4, 0.5) is 0 Å². The standard InChI is InChI=1S/C26H36N2O10S/c1-18(2)21-10-9-19(3)17-22(21)37-24(30)12-11-23(29)35-15-13-34-14-16-36-25-26(28(31)38-27-25)39(32,33)20-7-5-4-6-8-20/h4-8,18-19,21-22H,9-17H2,1-3H3/t19-,21+,22-/m1/s1. The molecule has 2 aromatic rings. The Morgan fingerprint density at radius 2 is 1.77 bits per heavy atom. The van der Waals surface area contributed by atoms with Crippen LogP contribution in [0, 0.1) is 23.0 Å². The van der Waals surface area contributed by atoms with Gasteiger partial charge in [-0.05, 0) is 47.6 Å². The van der Waals surface area contributed by atoms with Gasteiger partial charge in [-0.25, -0.2) is 8.42 Å². The molecule has 0 spiro atoms. The zero-order valence-corrected chi connectivity index (χ0v) is 23.3. The van der Waals surface area contributed by atoms with Crippen molar-refractivity contribution in [1.82, 2.24) is 5.16 Å². The number of carbonyl (C=O) groups excluding carboxylic acids is 2. The number of esters is 2. The lowest BCUT2D eigenvalue weighted by Gasteiger charge is -2.36. The third-order valence-corrected chi connectivity index (χ3v) is 8.31. The van der Waals surface area contributed by atoms with E-state index in [2.05, 4.69) is 30.6 Å². The highest BCUT2D eigenvalue weighted by Crippen LogP contribution is 2.35.